The smallest absolute Gasteiger partial charge is 0.323 e. The number of primary amides is 1. The topological polar surface area (TPSA) is 112 Å². The molecule has 5 rings (SSSR count). The maximum absolute atomic E-state index is 13.0. The molecule has 0 radical (unpaired) electrons. The van der Waals surface area contributed by atoms with Crippen molar-refractivity contribution in [3.05, 3.63) is 77.6 Å². The Labute approximate surface area is 233 Å². The lowest BCUT2D eigenvalue weighted by molar-refractivity contribution is 0.102. The maximum Gasteiger partial charge on any atom is 0.323 e. The van der Waals surface area contributed by atoms with Crippen LogP contribution in [0.1, 0.15) is 54.2 Å². The molecule has 2 amide bonds. The number of nitrogens with one attached hydrogen (secondary N) is 1. The van der Waals surface area contributed by atoms with E-state index in [4.69, 9.17) is 15.2 Å². The molecule has 9 heteroatoms. The minimum atomic E-state index is -0.565. The monoisotopic (exact) mass is 541 g/mol. The maximum atomic E-state index is 13.0. The number of aryl methyl sites for hydroxylation is 1. The van der Waals surface area contributed by atoms with Crippen LogP contribution in [-0.2, 0) is 0 Å². The highest BCUT2D eigenvalue weighted by Crippen LogP contribution is 2.37. The van der Waals surface area contributed by atoms with Crippen molar-refractivity contribution in [1.29, 1.82) is 0 Å². The van der Waals surface area contributed by atoms with Crippen molar-refractivity contribution in [1.82, 2.24) is 14.5 Å². The Morgan fingerprint density at radius 1 is 1.02 bits per heavy atom. The number of amides is 2. The highest BCUT2D eigenvalue weighted by Gasteiger charge is 2.20. The summed E-state index contributed by atoms with van der Waals surface area (Å²) in [6, 6.07) is 16.1. The number of ether oxygens (including phenoxy) is 2. The third-order valence-corrected chi connectivity index (χ3v) is 7.45. The Hall–Kier alpha value is -4.37. The molecule has 2 aromatic heterocycles. The second-order valence-electron chi connectivity index (χ2n) is 10.0. The molecular formula is C31H35N5O4. The quantitative estimate of drug-likeness (QED) is 0.287. The Bertz CT molecular complexity index is 1520. The van der Waals surface area contributed by atoms with E-state index < -0.39 is 6.03 Å². The lowest BCUT2D eigenvalue weighted by atomic mass is 9.89. The summed E-state index contributed by atoms with van der Waals surface area (Å²) in [5, 5.41) is 3.66. The van der Waals surface area contributed by atoms with E-state index in [1.54, 1.807) is 30.5 Å². The molecule has 0 aliphatic carbocycles. The fraction of sp³-hybridized carbons (Fsp3) is 0.323. The van der Waals surface area contributed by atoms with Crippen molar-refractivity contribution in [2.75, 3.05) is 31.6 Å². The van der Waals surface area contributed by atoms with Gasteiger partial charge in [0.25, 0.3) is 5.91 Å². The van der Waals surface area contributed by atoms with Crippen LogP contribution in [0.3, 0.4) is 0 Å². The number of anilines is 1. The van der Waals surface area contributed by atoms with Gasteiger partial charge in [-0.05, 0) is 88.1 Å². The van der Waals surface area contributed by atoms with Crippen LogP contribution in [0.4, 0.5) is 10.6 Å². The van der Waals surface area contributed by atoms with Crippen LogP contribution in [0.15, 0.2) is 60.8 Å². The van der Waals surface area contributed by atoms with Crippen LogP contribution in [-0.4, -0.2) is 52.6 Å². The van der Waals surface area contributed by atoms with Crippen molar-refractivity contribution >= 4 is 28.7 Å². The van der Waals surface area contributed by atoms with Gasteiger partial charge in [-0.15, -0.1) is 0 Å². The van der Waals surface area contributed by atoms with Crippen molar-refractivity contribution in [2.45, 2.75) is 39.5 Å². The molecule has 208 valence electrons. The van der Waals surface area contributed by atoms with Crippen molar-refractivity contribution in [2.24, 2.45) is 5.73 Å². The molecule has 0 spiro atoms. The van der Waals surface area contributed by atoms with Gasteiger partial charge in [-0.1, -0.05) is 19.1 Å². The van der Waals surface area contributed by atoms with E-state index in [0.29, 0.717) is 52.4 Å². The zero-order chi connectivity index (χ0) is 28.2. The van der Waals surface area contributed by atoms with Gasteiger partial charge in [0.2, 0.25) is 0 Å². The number of carbonyl (C=O) groups excluding carboxylic acids is 2. The van der Waals surface area contributed by atoms with Crippen molar-refractivity contribution in [3.8, 4) is 17.2 Å². The van der Waals surface area contributed by atoms with Crippen molar-refractivity contribution in [3.63, 3.8) is 0 Å². The van der Waals surface area contributed by atoms with E-state index in [1.165, 1.54) is 10.1 Å². The number of fused-ring (bicyclic) bond motifs is 1. The minimum absolute atomic E-state index is 0.239. The molecule has 2 aromatic carbocycles. The first-order chi connectivity index (χ1) is 19.4. The second kappa shape index (κ2) is 11.8. The second-order valence-corrected chi connectivity index (χ2v) is 10.0. The van der Waals surface area contributed by atoms with E-state index in [-0.39, 0.29) is 5.91 Å². The molecule has 1 aliphatic heterocycles. The number of nitrogens with two attached hydrogens (primary N) is 1. The molecule has 1 fully saturated rings. The molecule has 0 atom stereocenters. The van der Waals surface area contributed by atoms with Gasteiger partial charge in [0.05, 0.1) is 12.1 Å². The normalized spacial score (nSPS) is 14.3. The largest absolute Gasteiger partial charge is 0.490 e. The molecule has 0 unspecified atom stereocenters. The summed E-state index contributed by atoms with van der Waals surface area (Å²) in [6.45, 7) is 9.63. The van der Waals surface area contributed by atoms with E-state index in [1.807, 2.05) is 32.0 Å². The molecule has 1 aliphatic rings. The van der Waals surface area contributed by atoms with Gasteiger partial charge in [0, 0.05) is 35.0 Å². The van der Waals surface area contributed by atoms with Crippen LogP contribution >= 0.6 is 0 Å². The average molecular weight is 542 g/mol. The molecule has 1 saturated heterocycles. The number of hydrogen-bond donors (Lipinski definition) is 2. The van der Waals surface area contributed by atoms with Crippen LogP contribution in [0.2, 0.25) is 0 Å². The number of rotatable bonds is 8. The zero-order valence-electron chi connectivity index (χ0n) is 23.1. The SMILES string of the molecule is CCOc1cc2c(cc1Oc1ccnc(NC(=O)c3ccc(C4CCN(CC)CC4)cc3)c1)cc(C)n2C(N)=O. The van der Waals surface area contributed by atoms with E-state index >= 15 is 0 Å². The summed E-state index contributed by atoms with van der Waals surface area (Å²) in [4.78, 5) is 31.7. The summed E-state index contributed by atoms with van der Waals surface area (Å²) < 4.78 is 13.4. The van der Waals surface area contributed by atoms with Gasteiger partial charge in [-0.3, -0.25) is 9.36 Å². The number of benzene rings is 2. The number of hydrogen-bond acceptors (Lipinski definition) is 6. The lowest BCUT2D eigenvalue weighted by Crippen LogP contribution is -2.32. The molecule has 3 heterocycles. The van der Waals surface area contributed by atoms with Gasteiger partial charge >= 0.3 is 6.03 Å². The van der Waals surface area contributed by atoms with Gasteiger partial charge in [-0.2, -0.15) is 0 Å². The number of likely N-dealkylation sites (tertiary alicyclic amines) is 1. The predicted molar refractivity (Wildman–Crippen MR) is 156 cm³/mol. The highest BCUT2D eigenvalue weighted by molar-refractivity contribution is 6.03. The minimum Gasteiger partial charge on any atom is -0.490 e. The highest BCUT2D eigenvalue weighted by atomic mass is 16.5. The van der Waals surface area contributed by atoms with Gasteiger partial charge in [0.15, 0.2) is 11.5 Å². The Morgan fingerprint density at radius 2 is 1.77 bits per heavy atom. The number of piperidine rings is 1. The number of aromatic nitrogens is 2. The first-order valence-electron chi connectivity index (χ1n) is 13.7. The van der Waals surface area contributed by atoms with Crippen LogP contribution in [0, 0.1) is 6.92 Å². The standard InChI is InChI=1S/C31H35N5O4/c1-4-35-14-11-22(12-15-35)21-6-8-23(9-7-21)30(37)34-29-18-25(10-13-33-29)40-28-17-24-16-20(3)36(31(32)38)26(24)19-27(28)39-5-2/h6-10,13,16-19,22H,4-5,11-12,14-15H2,1-3H3,(H2,32,38)(H,33,34,37). The molecule has 3 N–H and O–H groups in total. The molecule has 0 saturated carbocycles. The third kappa shape index (κ3) is 5.79. The Balaban J connectivity index is 1.30. The van der Waals surface area contributed by atoms with Crippen LogP contribution in [0.5, 0.6) is 17.2 Å². The van der Waals surface area contributed by atoms with Crippen LogP contribution in [0.25, 0.3) is 10.9 Å². The lowest BCUT2D eigenvalue weighted by Gasteiger charge is -2.31. The fourth-order valence-electron chi connectivity index (χ4n) is 5.34. The van der Waals surface area contributed by atoms with Gasteiger partial charge in [0.1, 0.15) is 11.6 Å². The number of nitrogens with zero attached hydrogens (tertiary/aromatic N) is 3. The summed E-state index contributed by atoms with van der Waals surface area (Å²) in [6.07, 6.45) is 3.86. The van der Waals surface area contributed by atoms with E-state index in [2.05, 4.69) is 34.3 Å². The summed E-state index contributed by atoms with van der Waals surface area (Å²) >= 11 is 0. The summed E-state index contributed by atoms with van der Waals surface area (Å²) in [5.74, 6) is 2.09. The molecular weight excluding hydrogens is 506 g/mol. The molecule has 4 aromatic rings. The van der Waals surface area contributed by atoms with E-state index in [9.17, 15) is 9.59 Å². The Kier molecular flexibility index (Phi) is 8.02. The van der Waals surface area contributed by atoms with Gasteiger partial charge < -0.3 is 25.4 Å². The van der Waals surface area contributed by atoms with Gasteiger partial charge in [-0.25, -0.2) is 9.78 Å². The third-order valence-electron chi connectivity index (χ3n) is 7.45. The average Bonchev–Trinajstić information content (AvgIpc) is 3.28. The van der Waals surface area contributed by atoms with Crippen molar-refractivity contribution < 1.29 is 19.1 Å². The first kappa shape index (κ1) is 27.2. The zero-order valence-corrected chi connectivity index (χ0v) is 23.1. The summed E-state index contributed by atoms with van der Waals surface area (Å²) in [5.41, 5.74) is 8.77. The molecule has 40 heavy (non-hydrogen) atoms. The fourth-order valence-corrected chi connectivity index (χ4v) is 5.34. The first-order valence-corrected chi connectivity index (χ1v) is 13.7. The number of pyridine rings is 1. The summed E-state index contributed by atoms with van der Waals surface area (Å²) in [7, 11) is 0. The molecule has 9 nitrogen and oxygen atoms in total. The van der Waals surface area contributed by atoms with E-state index in [0.717, 1.165) is 37.9 Å². The predicted octanol–water partition coefficient (Wildman–Crippen LogP) is 5.91. The molecule has 0 bridgehead atoms. The Morgan fingerprint density at radius 3 is 2.45 bits per heavy atom. The van der Waals surface area contributed by atoms with Crippen LogP contribution < -0.4 is 20.5 Å². The number of carbonyl (C=O) groups is 2.